The molecule has 0 unspecified atom stereocenters. The van der Waals surface area contributed by atoms with Crippen LogP contribution in [0.15, 0.2) is 30.9 Å². The fourth-order valence-electron chi connectivity index (χ4n) is 3.31. The van der Waals surface area contributed by atoms with Crippen molar-refractivity contribution in [1.82, 2.24) is 29.7 Å². The maximum atomic E-state index is 13.0. The SMILES string of the molecule is Cc1nc(N2CCC(Oc3ncc(-c4cnn(C)c4)cn3)CC2)cc(C(F)(F)F)n1. The third-order valence-corrected chi connectivity index (χ3v) is 4.82. The highest BCUT2D eigenvalue weighted by Gasteiger charge is 2.34. The zero-order chi connectivity index (χ0) is 21.3. The van der Waals surface area contributed by atoms with Gasteiger partial charge in [0.05, 0.1) is 6.20 Å². The summed E-state index contributed by atoms with van der Waals surface area (Å²) >= 11 is 0. The van der Waals surface area contributed by atoms with E-state index in [0.29, 0.717) is 25.9 Å². The van der Waals surface area contributed by atoms with Crippen LogP contribution in [0, 0.1) is 6.92 Å². The number of piperidine rings is 1. The van der Waals surface area contributed by atoms with Crippen LogP contribution >= 0.6 is 0 Å². The monoisotopic (exact) mass is 419 g/mol. The lowest BCUT2D eigenvalue weighted by atomic mass is 10.1. The van der Waals surface area contributed by atoms with Crippen LogP contribution in [0.1, 0.15) is 24.4 Å². The van der Waals surface area contributed by atoms with Crippen LogP contribution in [0.2, 0.25) is 0 Å². The van der Waals surface area contributed by atoms with E-state index >= 15 is 0 Å². The summed E-state index contributed by atoms with van der Waals surface area (Å²) in [5.74, 6) is 0.380. The van der Waals surface area contributed by atoms with Gasteiger partial charge >= 0.3 is 12.2 Å². The summed E-state index contributed by atoms with van der Waals surface area (Å²) in [7, 11) is 1.83. The molecule has 0 bridgehead atoms. The van der Waals surface area contributed by atoms with Gasteiger partial charge in [-0.25, -0.2) is 19.9 Å². The Morgan fingerprint density at radius 1 is 1.03 bits per heavy atom. The molecule has 0 aliphatic carbocycles. The Kier molecular flexibility index (Phi) is 5.27. The van der Waals surface area contributed by atoms with Gasteiger partial charge < -0.3 is 9.64 Å². The number of ether oxygens (including phenoxy) is 1. The van der Waals surface area contributed by atoms with Crippen LogP contribution in [-0.4, -0.2) is 48.9 Å². The second kappa shape index (κ2) is 7.88. The zero-order valence-electron chi connectivity index (χ0n) is 16.5. The third-order valence-electron chi connectivity index (χ3n) is 4.82. The Balaban J connectivity index is 1.37. The summed E-state index contributed by atoms with van der Waals surface area (Å²) in [6.07, 6.45) is 3.59. The minimum atomic E-state index is -4.50. The quantitative estimate of drug-likeness (QED) is 0.643. The molecule has 0 atom stereocenters. The van der Waals surface area contributed by atoms with E-state index in [1.54, 1.807) is 23.3 Å². The second-order valence-electron chi connectivity index (χ2n) is 7.12. The topological polar surface area (TPSA) is 81.9 Å². The van der Waals surface area contributed by atoms with E-state index in [2.05, 4.69) is 25.0 Å². The van der Waals surface area contributed by atoms with Gasteiger partial charge in [0.2, 0.25) is 0 Å². The molecule has 11 heteroatoms. The molecule has 0 aromatic carbocycles. The first-order valence-corrected chi connectivity index (χ1v) is 9.43. The smallest absolute Gasteiger partial charge is 0.433 e. The Morgan fingerprint density at radius 3 is 2.33 bits per heavy atom. The van der Waals surface area contributed by atoms with Gasteiger partial charge in [0.15, 0.2) is 0 Å². The molecule has 0 spiro atoms. The molecule has 4 rings (SSSR count). The molecular formula is C19H20F3N7O. The van der Waals surface area contributed by atoms with Gasteiger partial charge in [0, 0.05) is 68.8 Å². The van der Waals surface area contributed by atoms with Gasteiger partial charge in [-0.1, -0.05) is 0 Å². The standard InChI is InChI=1S/C19H20F3N7O/c1-12-26-16(19(20,21)22)7-17(27-12)29-5-3-15(4-6-29)30-18-23-8-13(9-24-18)14-10-25-28(2)11-14/h7-11,15H,3-6H2,1-2H3. The average molecular weight is 419 g/mol. The van der Waals surface area contributed by atoms with E-state index in [-0.39, 0.29) is 23.8 Å². The minimum Gasteiger partial charge on any atom is -0.460 e. The predicted molar refractivity (Wildman–Crippen MR) is 102 cm³/mol. The van der Waals surface area contributed by atoms with Crippen LogP contribution < -0.4 is 9.64 Å². The van der Waals surface area contributed by atoms with Crippen molar-refractivity contribution in [3.05, 3.63) is 42.4 Å². The van der Waals surface area contributed by atoms with Crippen LogP contribution in [-0.2, 0) is 13.2 Å². The normalized spacial score (nSPS) is 15.4. The lowest BCUT2D eigenvalue weighted by Gasteiger charge is -2.32. The van der Waals surface area contributed by atoms with Crippen molar-refractivity contribution in [2.75, 3.05) is 18.0 Å². The van der Waals surface area contributed by atoms with E-state index in [4.69, 9.17) is 4.74 Å². The number of hydrogen-bond donors (Lipinski definition) is 0. The van der Waals surface area contributed by atoms with Gasteiger partial charge in [-0.05, 0) is 6.92 Å². The van der Waals surface area contributed by atoms with Crippen molar-refractivity contribution >= 4 is 5.82 Å². The average Bonchev–Trinajstić information content (AvgIpc) is 3.14. The number of aromatic nitrogens is 6. The minimum absolute atomic E-state index is 0.0975. The predicted octanol–water partition coefficient (Wildman–Crippen LogP) is 3.04. The number of nitrogens with zero attached hydrogens (tertiary/aromatic N) is 7. The molecular weight excluding hydrogens is 399 g/mol. The molecule has 1 saturated heterocycles. The maximum absolute atomic E-state index is 13.0. The molecule has 30 heavy (non-hydrogen) atoms. The Hall–Kier alpha value is -3.24. The highest BCUT2D eigenvalue weighted by molar-refractivity contribution is 5.59. The largest absolute Gasteiger partial charge is 0.460 e. The molecule has 4 heterocycles. The van der Waals surface area contributed by atoms with Crippen molar-refractivity contribution in [2.45, 2.75) is 32.0 Å². The zero-order valence-corrected chi connectivity index (χ0v) is 16.5. The van der Waals surface area contributed by atoms with Crippen LogP contribution in [0.5, 0.6) is 6.01 Å². The Morgan fingerprint density at radius 2 is 1.73 bits per heavy atom. The summed E-state index contributed by atoms with van der Waals surface area (Å²) < 4.78 is 46.6. The number of hydrogen-bond acceptors (Lipinski definition) is 7. The Labute approximate surface area is 170 Å². The first kappa shape index (κ1) is 20.0. The molecule has 0 amide bonds. The second-order valence-corrected chi connectivity index (χ2v) is 7.12. The van der Waals surface area contributed by atoms with E-state index in [9.17, 15) is 13.2 Å². The highest BCUT2D eigenvalue weighted by atomic mass is 19.4. The van der Waals surface area contributed by atoms with Crippen molar-refractivity contribution in [3.8, 4) is 17.1 Å². The van der Waals surface area contributed by atoms with E-state index in [0.717, 1.165) is 17.2 Å². The molecule has 0 saturated carbocycles. The summed E-state index contributed by atoms with van der Waals surface area (Å²) in [4.78, 5) is 18.0. The van der Waals surface area contributed by atoms with Crippen molar-refractivity contribution in [1.29, 1.82) is 0 Å². The van der Waals surface area contributed by atoms with E-state index in [1.807, 2.05) is 18.1 Å². The summed E-state index contributed by atoms with van der Waals surface area (Å²) in [5.41, 5.74) is 0.825. The van der Waals surface area contributed by atoms with Gasteiger partial charge in [-0.3, -0.25) is 4.68 Å². The lowest BCUT2D eigenvalue weighted by molar-refractivity contribution is -0.141. The molecule has 8 nitrogen and oxygen atoms in total. The first-order valence-electron chi connectivity index (χ1n) is 9.43. The number of alkyl halides is 3. The van der Waals surface area contributed by atoms with Gasteiger partial charge in [-0.15, -0.1) is 0 Å². The fraction of sp³-hybridized carbons (Fsp3) is 0.421. The van der Waals surface area contributed by atoms with E-state index in [1.165, 1.54) is 6.92 Å². The fourth-order valence-corrected chi connectivity index (χ4v) is 3.31. The van der Waals surface area contributed by atoms with Crippen LogP contribution in [0.25, 0.3) is 11.1 Å². The maximum Gasteiger partial charge on any atom is 0.433 e. The summed E-state index contributed by atoms with van der Waals surface area (Å²) in [6.45, 7) is 2.50. The van der Waals surface area contributed by atoms with Gasteiger partial charge in [-0.2, -0.15) is 18.3 Å². The summed E-state index contributed by atoms with van der Waals surface area (Å²) in [6, 6.07) is 1.27. The first-order chi connectivity index (χ1) is 14.3. The van der Waals surface area contributed by atoms with Crippen LogP contribution in [0.3, 0.4) is 0 Å². The third kappa shape index (κ3) is 4.50. The molecule has 1 aliphatic rings. The number of rotatable bonds is 4. The highest BCUT2D eigenvalue weighted by Crippen LogP contribution is 2.30. The van der Waals surface area contributed by atoms with Crippen molar-refractivity contribution < 1.29 is 17.9 Å². The molecule has 1 aliphatic heterocycles. The van der Waals surface area contributed by atoms with Crippen molar-refractivity contribution in [3.63, 3.8) is 0 Å². The molecule has 0 radical (unpaired) electrons. The number of halogens is 3. The molecule has 3 aromatic rings. The molecule has 1 fully saturated rings. The number of anilines is 1. The molecule has 0 N–H and O–H groups in total. The van der Waals surface area contributed by atoms with Crippen LogP contribution in [0.4, 0.5) is 19.0 Å². The van der Waals surface area contributed by atoms with Gasteiger partial charge in [0.25, 0.3) is 0 Å². The molecule has 158 valence electrons. The summed E-state index contributed by atoms with van der Waals surface area (Å²) in [5, 5.41) is 4.12. The van der Waals surface area contributed by atoms with E-state index < -0.39 is 11.9 Å². The van der Waals surface area contributed by atoms with Gasteiger partial charge in [0.1, 0.15) is 23.4 Å². The Bertz CT molecular complexity index is 1010. The van der Waals surface area contributed by atoms with Crippen molar-refractivity contribution in [2.24, 2.45) is 7.05 Å². The molecule has 3 aromatic heterocycles. The lowest BCUT2D eigenvalue weighted by Crippen LogP contribution is -2.39. The number of aryl methyl sites for hydroxylation is 2.